The van der Waals surface area contributed by atoms with E-state index < -0.39 is 52.6 Å². The maximum Gasteiger partial charge on any atom is 0.530 e. The van der Waals surface area contributed by atoms with Gasteiger partial charge < -0.3 is 46.1 Å². The lowest BCUT2D eigenvalue weighted by molar-refractivity contribution is -0.148. The van der Waals surface area contributed by atoms with E-state index >= 15 is 9.59 Å². The van der Waals surface area contributed by atoms with Crippen LogP contribution in [0, 0.1) is 0 Å². The van der Waals surface area contributed by atoms with Crippen LogP contribution in [0.3, 0.4) is 0 Å². The Morgan fingerprint density at radius 1 is 0.307 bits per heavy atom. The van der Waals surface area contributed by atoms with Gasteiger partial charge in [0.25, 0.3) is 0 Å². The molecule has 101 heavy (non-hydrogen) atoms. The summed E-state index contributed by atoms with van der Waals surface area (Å²) in [6.07, 6.45) is -0.533. The second kappa shape index (κ2) is 36.1. The largest absolute Gasteiger partial charge is 0.530 e. The Kier molecular flexibility index (Phi) is 26.7. The van der Waals surface area contributed by atoms with Crippen molar-refractivity contribution < 1.29 is 74.9 Å². The van der Waals surface area contributed by atoms with Gasteiger partial charge in [0, 0.05) is 47.9 Å². The standard InChI is InChI=1S/C82H80O16P2.CH4/c1-53(2)89-73(83)47-43-57-27-17-23-39-69(57)93-99(94-70-40-24-18-28-58(70)44-48-74(84)90-54(3)4)97-81-67(79(87)61-31-11-9-12-32-61)51-63-35-15-21-37-65(63)77(81)78-66-38-22-16-36-64(66)52-68(80(88)62-33-13-10-14-34-62)82(78)98-100(95-71-41-25-19-29-59(71)45-49-75(85)91-55(5)6)96-72-42-26-20-30-60(72)46-50-76(86)92-56(7)8;/h9-42,51-56H,43-50H2,1-8H3;1H4. The summed E-state index contributed by atoms with van der Waals surface area (Å²) >= 11 is 0. The minimum Gasteiger partial charge on any atom is -0.463 e. The number of hydrogen-bond donors (Lipinski definition) is 0. The monoisotopic (exact) mass is 1400 g/mol. The highest BCUT2D eigenvalue weighted by molar-refractivity contribution is 7.43. The number of para-hydroxylation sites is 4. The van der Waals surface area contributed by atoms with E-state index in [0.717, 1.165) is 0 Å². The molecule has 0 bridgehead atoms. The summed E-state index contributed by atoms with van der Waals surface area (Å²) in [5.74, 6) is -1.46. The summed E-state index contributed by atoms with van der Waals surface area (Å²) in [4.78, 5) is 84.8. The molecule has 0 amide bonds. The first kappa shape index (κ1) is 74.8. The van der Waals surface area contributed by atoms with Crippen LogP contribution in [0.15, 0.2) is 218 Å². The molecule has 0 unspecified atom stereocenters. The Balaban J connectivity index is 0.0000119. The van der Waals surface area contributed by atoms with Crippen molar-refractivity contribution in [2.45, 2.75) is 139 Å². The Bertz CT molecular complexity index is 4080. The smallest absolute Gasteiger partial charge is 0.463 e. The van der Waals surface area contributed by atoms with Crippen LogP contribution >= 0.6 is 17.2 Å². The lowest BCUT2D eigenvalue weighted by atomic mass is 9.86. The Morgan fingerprint density at radius 3 is 0.832 bits per heavy atom. The van der Waals surface area contributed by atoms with Gasteiger partial charge >= 0.3 is 41.1 Å². The van der Waals surface area contributed by atoms with Crippen LogP contribution in [0.4, 0.5) is 0 Å². The molecule has 0 atom stereocenters. The third kappa shape index (κ3) is 20.4. The van der Waals surface area contributed by atoms with Gasteiger partial charge in [0.1, 0.15) is 23.0 Å². The second-order valence-corrected chi connectivity index (χ2v) is 26.7. The SMILES string of the molecule is C.CC(C)OC(=O)CCc1ccccc1OP(Oc1ccccc1CCC(=O)OC(C)C)Oc1c(C(=O)c2ccccc2)cc2ccccc2c1-c1c(OP(Oc2ccccc2CCC(=O)OC(C)C)Oc2ccccc2CCC(=O)OC(C)C)c(C(=O)c2ccccc2)cc2ccccc12. The highest BCUT2D eigenvalue weighted by atomic mass is 31.2. The van der Waals surface area contributed by atoms with Crippen molar-refractivity contribution in [3.8, 4) is 45.6 Å². The third-order valence-electron chi connectivity index (χ3n) is 15.6. The first-order valence-electron chi connectivity index (χ1n) is 33.4. The van der Waals surface area contributed by atoms with Crippen LogP contribution in [-0.2, 0) is 63.8 Å². The minimum absolute atomic E-state index is 0. The topological polar surface area (TPSA) is 195 Å². The summed E-state index contributed by atoms with van der Waals surface area (Å²) in [5, 5.41) is 2.25. The number of ketones is 2. The van der Waals surface area contributed by atoms with Gasteiger partial charge in [0.05, 0.1) is 35.5 Å². The predicted molar refractivity (Wildman–Crippen MR) is 395 cm³/mol. The van der Waals surface area contributed by atoms with Gasteiger partial charge in [0.15, 0.2) is 23.1 Å². The fourth-order valence-corrected chi connectivity index (χ4v) is 13.4. The third-order valence-corrected chi connectivity index (χ3v) is 17.6. The molecule has 0 N–H and O–H groups in total. The molecule has 18 heteroatoms. The molecule has 16 nitrogen and oxygen atoms in total. The second-order valence-electron chi connectivity index (χ2n) is 24.7. The molecule has 0 aliphatic carbocycles. The van der Waals surface area contributed by atoms with Crippen LogP contribution in [0.5, 0.6) is 34.5 Å². The molecule has 0 saturated heterocycles. The molecule has 10 aromatic rings. The maximum atomic E-state index is 16.0. The minimum atomic E-state index is -2.80. The van der Waals surface area contributed by atoms with Gasteiger partial charge in [-0.1, -0.05) is 189 Å². The molecule has 0 heterocycles. The average molecular weight is 1400 g/mol. The molecule has 0 aliphatic rings. The molecule has 0 aliphatic heterocycles. The average Bonchev–Trinajstić information content (AvgIpc) is 0.728. The van der Waals surface area contributed by atoms with Crippen LogP contribution in [-0.4, -0.2) is 59.9 Å². The quantitative estimate of drug-likeness (QED) is 0.0163. The molecule has 0 radical (unpaired) electrons. The first-order valence-corrected chi connectivity index (χ1v) is 35.6. The van der Waals surface area contributed by atoms with E-state index in [-0.39, 0.29) is 117 Å². The number of aryl methyl sites for hydroxylation is 4. The van der Waals surface area contributed by atoms with Gasteiger partial charge in [-0.3, -0.25) is 28.8 Å². The zero-order valence-corrected chi connectivity index (χ0v) is 59.0. The Hall–Kier alpha value is -10.4. The van der Waals surface area contributed by atoms with Crippen LogP contribution in [0.2, 0.25) is 0 Å². The van der Waals surface area contributed by atoms with Crippen molar-refractivity contribution >= 4 is 74.2 Å². The van der Waals surface area contributed by atoms with E-state index in [0.29, 0.717) is 77.9 Å². The molecular weight excluding hydrogens is 1310 g/mol. The van der Waals surface area contributed by atoms with Gasteiger partial charge in [0.2, 0.25) is 0 Å². The fraction of sp³-hybridized carbons (Fsp3) is 0.253. The van der Waals surface area contributed by atoms with Gasteiger partial charge in [-0.2, -0.15) is 0 Å². The number of rotatable bonds is 33. The molecule has 10 rings (SSSR count). The van der Waals surface area contributed by atoms with E-state index in [9.17, 15) is 19.2 Å². The molecule has 0 spiro atoms. The van der Waals surface area contributed by atoms with E-state index in [1.807, 2.05) is 109 Å². The molecular formula is C83H84O16P2. The summed E-state index contributed by atoms with van der Waals surface area (Å²) < 4.78 is 65.7. The van der Waals surface area contributed by atoms with E-state index in [2.05, 4.69) is 0 Å². The summed E-state index contributed by atoms with van der Waals surface area (Å²) in [6, 6.07) is 64.7. The molecule has 0 fully saturated rings. The van der Waals surface area contributed by atoms with E-state index in [1.165, 1.54) is 0 Å². The van der Waals surface area contributed by atoms with Gasteiger partial charge in [-0.25, -0.2) is 0 Å². The molecule has 0 aromatic heterocycles. The van der Waals surface area contributed by atoms with Crippen molar-refractivity contribution in [2.75, 3.05) is 0 Å². The van der Waals surface area contributed by atoms with Crippen molar-refractivity contribution in [1.29, 1.82) is 0 Å². The predicted octanol–water partition coefficient (Wildman–Crippen LogP) is 19.8. The van der Waals surface area contributed by atoms with Crippen molar-refractivity contribution in [2.24, 2.45) is 0 Å². The van der Waals surface area contributed by atoms with E-state index in [4.69, 9.17) is 46.1 Å². The van der Waals surface area contributed by atoms with Crippen LogP contribution in [0.25, 0.3) is 32.7 Å². The summed E-state index contributed by atoms with van der Waals surface area (Å²) in [5.41, 5.74) is 3.74. The number of carbonyl (C=O) groups is 6. The first-order chi connectivity index (χ1) is 48.3. The van der Waals surface area contributed by atoms with Crippen molar-refractivity contribution in [3.05, 3.63) is 263 Å². The molecule has 10 aromatic carbocycles. The lowest BCUT2D eigenvalue weighted by Gasteiger charge is -2.27. The van der Waals surface area contributed by atoms with Gasteiger partial charge in [-0.15, -0.1) is 0 Å². The number of ether oxygens (including phenoxy) is 4. The fourth-order valence-electron chi connectivity index (χ4n) is 11.2. The van der Waals surface area contributed by atoms with Crippen LogP contribution in [0.1, 0.15) is 143 Å². The Labute approximate surface area is 593 Å². The Morgan fingerprint density at radius 2 is 0.554 bits per heavy atom. The van der Waals surface area contributed by atoms with Crippen molar-refractivity contribution in [1.82, 2.24) is 0 Å². The number of fused-ring (bicyclic) bond motifs is 2. The number of hydrogen-bond acceptors (Lipinski definition) is 16. The van der Waals surface area contributed by atoms with Gasteiger partial charge in [-0.05, 0) is 161 Å². The maximum absolute atomic E-state index is 16.0. The number of carbonyl (C=O) groups excluding carboxylic acids is 6. The van der Waals surface area contributed by atoms with Crippen LogP contribution < -0.4 is 27.1 Å². The van der Waals surface area contributed by atoms with Crippen molar-refractivity contribution in [3.63, 3.8) is 0 Å². The normalized spacial score (nSPS) is 11.2. The molecule has 0 saturated carbocycles. The highest BCUT2D eigenvalue weighted by Crippen LogP contribution is 2.57. The lowest BCUT2D eigenvalue weighted by Crippen LogP contribution is -2.14. The summed E-state index contributed by atoms with van der Waals surface area (Å²) in [7, 11) is -5.61. The summed E-state index contributed by atoms with van der Waals surface area (Å²) in [6.45, 7) is 14.3. The number of esters is 4. The number of benzene rings is 10. The van der Waals surface area contributed by atoms with E-state index in [1.54, 1.807) is 165 Å². The highest BCUT2D eigenvalue weighted by Gasteiger charge is 2.36. The molecule has 522 valence electrons. The zero-order chi connectivity index (χ0) is 70.7. The zero-order valence-electron chi connectivity index (χ0n) is 57.2.